The van der Waals surface area contributed by atoms with E-state index in [0.717, 1.165) is 0 Å². The van der Waals surface area contributed by atoms with Crippen LogP contribution < -0.4 is 0 Å². The maximum absolute atomic E-state index is 11.3. The molecule has 1 unspecified atom stereocenters. The van der Waals surface area contributed by atoms with Crippen LogP contribution in [0.1, 0.15) is 26.7 Å². The summed E-state index contributed by atoms with van der Waals surface area (Å²) in [6.45, 7) is 4.23. The fourth-order valence-corrected chi connectivity index (χ4v) is 2.02. The standard InChI is InChI=1S/C9H13NO3/c1-9(2)7-5-6(11)3-4-10(7)8(12)13-9/h7H,3-5H2,1-2H3. The Hall–Kier alpha value is -1.06. The molecule has 1 amide bonds. The molecular formula is C9H13NO3. The van der Waals surface area contributed by atoms with Gasteiger partial charge in [-0.1, -0.05) is 0 Å². The highest BCUT2D eigenvalue weighted by atomic mass is 16.6. The van der Waals surface area contributed by atoms with E-state index in [1.807, 2.05) is 13.8 Å². The molecule has 2 saturated heterocycles. The molecule has 2 rings (SSSR count). The number of amides is 1. The van der Waals surface area contributed by atoms with Gasteiger partial charge in [-0.2, -0.15) is 0 Å². The lowest BCUT2D eigenvalue weighted by atomic mass is 9.90. The summed E-state index contributed by atoms with van der Waals surface area (Å²) < 4.78 is 5.18. The van der Waals surface area contributed by atoms with Crippen LogP contribution in [-0.2, 0) is 9.53 Å². The number of carbonyl (C=O) groups excluding carboxylic acids is 2. The number of nitrogens with zero attached hydrogens (tertiary/aromatic N) is 1. The van der Waals surface area contributed by atoms with Crippen LogP contribution in [0.4, 0.5) is 4.79 Å². The first-order valence-corrected chi connectivity index (χ1v) is 4.52. The number of fused-ring (bicyclic) bond motifs is 1. The van der Waals surface area contributed by atoms with Crippen LogP contribution in [0, 0.1) is 0 Å². The molecule has 0 bridgehead atoms. The van der Waals surface area contributed by atoms with Crippen LogP contribution in [0.15, 0.2) is 0 Å². The van der Waals surface area contributed by atoms with E-state index in [2.05, 4.69) is 0 Å². The quantitative estimate of drug-likeness (QED) is 0.561. The van der Waals surface area contributed by atoms with Crippen molar-refractivity contribution in [2.45, 2.75) is 38.3 Å². The zero-order valence-corrected chi connectivity index (χ0v) is 7.87. The molecule has 0 aromatic heterocycles. The summed E-state index contributed by atoms with van der Waals surface area (Å²) in [7, 11) is 0. The largest absolute Gasteiger partial charge is 0.441 e. The average Bonchev–Trinajstić information content (AvgIpc) is 2.23. The monoisotopic (exact) mass is 183 g/mol. The Balaban J connectivity index is 2.25. The van der Waals surface area contributed by atoms with Gasteiger partial charge in [-0.05, 0) is 13.8 Å². The number of ketones is 1. The van der Waals surface area contributed by atoms with Gasteiger partial charge in [-0.3, -0.25) is 4.79 Å². The Bertz CT molecular complexity index is 272. The first-order chi connectivity index (χ1) is 6.00. The molecule has 0 aromatic rings. The number of piperidine rings is 1. The summed E-state index contributed by atoms with van der Waals surface area (Å²) in [6.07, 6.45) is 0.642. The Morgan fingerprint density at radius 3 is 2.85 bits per heavy atom. The second-order valence-electron chi connectivity index (χ2n) is 4.17. The van der Waals surface area contributed by atoms with Gasteiger partial charge in [0, 0.05) is 19.4 Å². The molecule has 2 aliphatic rings. The first kappa shape index (κ1) is 8.53. The number of hydrogen-bond acceptors (Lipinski definition) is 3. The predicted molar refractivity (Wildman–Crippen MR) is 45.3 cm³/mol. The van der Waals surface area contributed by atoms with Gasteiger partial charge in [-0.15, -0.1) is 0 Å². The number of rotatable bonds is 0. The second kappa shape index (κ2) is 2.47. The van der Waals surface area contributed by atoms with Gasteiger partial charge in [0.15, 0.2) is 0 Å². The summed E-state index contributed by atoms with van der Waals surface area (Å²) in [5.74, 6) is 0.229. The third-order valence-corrected chi connectivity index (χ3v) is 2.82. The van der Waals surface area contributed by atoms with Crippen LogP contribution in [0.5, 0.6) is 0 Å². The lowest BCUT2D eigenvalue weighted by Crippen LogP contribution is -2.47. The van der Waals surface area contributed by atoms with Crippen molar-refractivity contribution in [2.75, 3.05) is 6.54 Å². The van der Waals surface area contributed by atoms with E-state index < -0.39 is 5.60 Å². The van der Waals surface area contributed by atoms with Crippen LogP contribution in [0.3, 0.4) is 0 Å². The summed E-state index contributed by atoms with van der Waals surface area (Å²) in [5, 5.41) is 0. The molecule has 0 saturated carbocycles. The van der Waals surface area contributed by atoms with Crippen LogP contribution in [-0.4, -0.2) is 35.0 Å². The zero-order valence-electron chi connectivity index (χ0n) is 7.87. The van der Waals surface area contributed by atoms with E-state index in [-0.39, 0.29) is 17.9 Å². The summed E-state index contributed by atoms with van der Waals surface area (Å²) in [4.78, 5) is 24.2. The normalized spacial score (nSPS) is 31.5. The van der Waals surface area contributed by atoms with Crippen molar-refractivity contribution in [3.05, 3.63) is 0 Å². The molecule has 0 aromatic carbocycles. The molecule has 2 heterocycles. The fraction of sp³-hybridized carbons (Fsp3) is 0.778. The molecule has 4 heteroatoms. The number of cyclic esters (lactones) is 1. The van der Waals surface area contributed by atoms with Crippen LogP contribution in [0.25, 0.3) is 0 Å². The summed E-state index contributed by atoms with van der Waals surface area (Å²) in [6, 6.07) is -0.0544. The van der Waals surface area contributed by atoms with Crippen molar-refractivity contribution >= 4 is 11.9 Å². The molecule has 0 spiro atoms. The number of carbonyl (C=O) groups is 2. The number of ether oxygens (including phenoxy) is 1. The molecule has 0 N–H and O–H groups in total. The summed E-state index contributed by atoms with van der Waals surface area (Å²) >= 11 is 0. The Morgan fingerprint density at radius 1 is 1.46 bits per heavy atom. The van der Waals surface area contributed by atoms with E-state index >= 15 is 0 Å². The fourth-order valence-electron chi connectivity index (χ4n) is 2.02. The van der Waals surface area contributed by atoms with Gasteiger partial charge >= 0.3 is 6.09 Å². The first-order valence-electron chi connectivity index (χ1n) is 4.52. The smallest absolute Gasteiger partial charge is 0.410 e. The minimum Gasteiger partial charge on any atom is -0.441 e. The maximum Gasteiger partial charge on any atom is 0.410 e. The molecule has 72 valence electrons. The predicted octanol–water partition coefficient (Wildman–Crippen LogP) is 0.949. The Morgan fingerprint density at radius 2 is 2.15 bits per heavy atom. The Labute approximate surface area is 76.8 Å². The third-order valence-electron chi connectivity index (χ3n) is 2.82. The SMILES string of the molecule is CC1(C)OC(=O)N2CCC(=O)CC21. The number of Topliss-reactive ketones (excluding diaryl/α,β-unsaturated/α-hetero) is 1. The maximum atomic E-state index is 11.3. The van der Waals surface area contributed by atoms with E-state index in [0.29, 0.717) is 19.4 Å². The van der Waals surface area contributed by atoms with E-state index in [1.54, 1.807) is 4.90 Å². The average molecular weight is 183 g/mol. The van der Waals surface area contributed by atoms with Gasteiger partial charge in [0.25, 0.3) is 0 Å². The van der Waals surface area contributed by atoms with Crippen molar-refractivity contribution in [3.8, 4) is 0 Å². The van der Waals surface area contributed by atoms with Crippen molar-refractivity contribution in [2.24, 2.45) is 0 Å². The van der Waals surface area contributed by atoms with Gasteiger partial charge < -0.3 is 9.64 Å². The molecule has 4 nitrogen and oxygen atoms in total. The van der Waals surface area contributed by atoms with E-state index in [1.165, 1.54) is 0 Å². The summed E-state index contributed by atoms with van der Waals surface area (Å²) in [5.41, 5.74) is -0.507. The molecule has 1 atom stereocenters. The molecular weight excluding hydrogens is 170 g/mol. The minimum atomic E-state index is -0.507. The highest BCUT2D eigenvalue weighted by molar-refractivity contribution is 5.83. The minimum absolute atomic E-state index is 0.0544. The topological polar surface area (TPSA) is 46.6 Å². The molecule has 2 aliphatic heterocycles. The highest BCUT2D eigenvalue weighted by Gasteiger charge is 2.49. The highest BCUT2D eigenvalue weighted by Crippen LogP contribution is 2.34. The van der Waals surface area contributed by atoms with Gasteiger partial charge in [-0.25, -0.2) is 4.79 Å². The Kier molecular flexibility index (Phi) is 1.62. The van der Waals surface area contributed by atoms with Crippen molar-refractivity contribution in [1.82, 2.24) is 4.90 Å². The molecule has 13 heavy (non-hydrogen) atoms. The van der Waals surface area contributed by atoms with Crippen molar-refractivity contribution in [3.63, 3.8) is 0 Å². The van der Waals surface area contributed by atoms with E-state index in [9.17, 15) is 9.59 Å². The lowest BCUT2D eigenvalue weighted by molar-refractivity contribution is -0.123. The van der Waals surface area contributed by atoms with Crippen molar-refractivity contribution in [1.29, 1.82) is 0 Å². The van der Waals surface area contributed by atoms with Crippen LogP contribution in [0.2, 0.25) is 0 Å². The van der Waals surface area contributed by atoms with Crippen LogP contribution >= 0.6 is 0 Å². The van der Waals surface area contributed by atoms with Gasteiger partial charge in [0.05, 0.1) is 6.04 Å². The van der Waals surface area contributed by atoms with E-state index in [4.69, 9.17) is 4.74 Å². The van der Waals surface area contributed by atoms with Gasteiger partial charge in [0.1, 0.15) is 11.4 Å². The zero-order chi connectivity index (χ0) is 9.64. The lowest BCUT2D eigenvalue weighted by Gasteiger charge is -2.31. The van der Waals surface area contributed by atoms with Gasteiger partial charge in [0.2, 0.25) is 0 Å². The van der Waals surface area contributed by atoms with Crippen molar-refractivity contribution < 1.29 is 14.3 Å². The molecule has 0 aliphatic carbocycles. The number of hydrogen-bond donors (Lipinski definition) is 0. The third kappa shape index (κ3) is 1.20. The second-order valence-corrected chi connectivity index (χ2v) is 4.17. The molecule has 2 fully saturated rings. The molecule has 0 radical (unpaired) electrons.